The van der Waals surface area contributed by atoms with Crippen LogP contribution in [0.4, 0.5) is 5.69 Å². The maximum Gasteiger partial charge on any atom is 0.237 e. The first kappa shape index (κ1) is 13.5. The van der Waals surface area contributed by atoms with E-state index >= 15 is 0 Å². The quantitative estimate of drug-likeness (QED) is 0.886. The van der Waals surface area contributed by atoms with Gasteiger partial charge in [0, 0.05) is 11.8 Å². The minimum absolute atomic E-state index is 0.140. The van der Waals surface area contributed by atoms with Gasteiger partial charge in [0.1, 0.15) is 11.5 Å². The van der Waals surface area contributed by atoms with Gasteiger partial charge >= 0.3 is 0 Å². The van der Waals surface area contributed by atoms with Gasteiger partial charge in [-0.15, -0.1) is 0 Å². The fourth-order valence-electron chi connectivity index (χ4n) is 2.14. The molecule has 4 nitrogen and oxygen atoms in total. The normalized spacial score (nSPS) is 12.2. The molecule has 1 N–H and O–H groups in total. The Morgan fingerprint density at radius 3 is 2.84 bits per heavy atom. The van der Waals surface area contributed by atoms with E-state index in [1.807, 2.05) is 32.9 Å². The zero-order chi connectivity index (χ0) is 13.8. The number of furan rings is 1. The van der Waals surface area contributed by atoms with Gasteiger partial charge in [-0.2, -0.15) is 0 Å². The molecule has 4 heteroatoms. The summed E-state index contributed by atoms with van der Waals surface area (Å²) in [5, 5.41) is 3.42. The van der Waals surface area contributed by atoms with Gasteiger partial charge in [0.15, 0.2) is 0 Å². The van der Waals surface area contributed by atoms with Crippen LogP contribution in [0, 0.1) is 13.8 Å². The fourth-order valence-corrected chi connectivity index (χ4v) is 2.14. The first-order valence-electron chi connectivity index (χ1n) is 6.53. The highest BCUT2D eigenvalue weighted by atomic mass is 16.5. The lowest BCUT2D eigenvalue weighted by atomic mass is 10.1. The molecule has 0 bridgehead atoms. The van der Waals surface area contributed by atoms with Crippen LogP contribution < -0.4 is 10.1 Å². The van der Waals surface area contributed by atoms with E-state index in [0.717, 1.165) is 22.8 Å². The average Bonchev–Trinajstić information content (AvgIpc) is 2.71. The molecular weight excluding hydrogens is 240 g/mol. The summed E-state index contributed by atoms with van der Waals surface area (Å²) < 4.78 is 11.1. The third kappa shape index (κ3) is 3.08. The van der Waals surface area contributed by atoms with Crippen LogP contribution in [0.5, 0.6) is 5.88 Å². The maximum atomic E-state index is 5.56. The summed E-state index contributed by atoms with van der Waals surface area (Å²) in [4.78, 5) is 4.23. The number of hydrogen-bond donors (Lipinski definition) is 1. The molecule has 0 saturated heterocycles. The predicted molar refractivity (Wildman–Crippen MR) is 75.6 cm³/mol. The number of rotatable bonds is 5. The maximum absolute atomic E-state index is 5.56. The van der Waals surface area contributed by atoms with E-state index in [1.54, 1.807) is 6.20 Å². The van der Waals surface area contributed by atoms with Gasteiger partial charge in [0.05, 0.1) is 18.3 Å². The van der Waals surface area contributed by atoms with Crippen LogP contribution in [0.3, 0.4) is 0 Å². The molecule has 0 aromatic carbocycles. The number of pyridine rings is 1. The summed E-state index contributed by atoms with van der Waals surface area (Å²) >= 11 is 0. The molecule has 102 valence electrons. The molecule has 0 spiro atoms. The van der Waals surface area contributed by atoms with Crippen molar-refractivity contribution >= 4 is 5.69 Å². The van der Waals surface area contributed by atoms with Gasteiger partial charge < -0.3 is 14.5 Å². The SMILES string of the molecule is CCOc1ncccc1NC(C)c1cc(C)oc1C. The van der Waals surface area contributed by atoms with Crippen molar-refractivity contribution < 1.29 is 9.15 Å². The molecule has 2 aromatic heterocycles. The Kier molecular flexibility index (Phi) is 4.10. The third-order valence-electron chi connectivity index (χ3n) is 2.97. The number of aryl methyl sites for hydroxylation is 2. The molecular formula is C15H20N2O2. The van der Waals surface area contributed by atoms with Crippen LogP contribution in [0.25, 0.3) is 0 Å². The first-order valence-corrected chi connectivity index (χ1v) is 6.53. The second kappa shape index (κ2) is 5.78. The molecule has 0 aliphatic rings. The van der Waals surface area contributed by atoms with E-state index < -0.39 is 0 Å². The fraction of sp³-hybridized carbons (Fsp3) is 0.400. The van der Waals surface area contributed by atoms with Gasteiger partial charge in [-0.25, -0.2) is 4.98 Å². The van der Waals surface area contributed by atoms with Crippen molar-refractivity contribution in [1.29, 1.82) is 0 Å². The third-order valence-corrected chi connectivity index (χ3v) is 2.97. The summed E-state index contributed by atoms with van der Waals surface area (Å²) in [6.07, 6.45) is 1.73. The van der Waals surface area contributed by atoms with Crippen LogP contribution >= 0.6 is 0 Å². The molecule has 0 radical (unpaired) electrons. The predicted octanol–water partition coefficient (Wildman–Crippen LogP) is 3.86. The Hall–Kier alpha value is -1.97. The van der Waals surface area contributed by atoms with Gasteiger partial charge in [-0.3, -0.25) is 0 Å². The van der Waals surface area contributed by atoms with Crippen LogP contribution in [0.2, 0.25) is 0 Å². The zero-order valence-corrected chi connectivity index (χ0v) is 11.9. The summed E-state index contributed by atoms with van der Waals surface area (Å²) in [7, 11) is 0. The van der Waals surface area contributed by atoms with Gasteiger partial charge in [-0.05, 0) is 45.9 Å². The van der Waals surface area contributed by atoms with Crippen LogP contribution in [0.1, 0.15) is 37.0 Å². The largest absolute Gasteiger partial charge is 0.476 e. The standard InChI is InChI=1S/C15H20N2O2/c1-5-18-15-14(7-6-8-16-15)17-11(3)13-9-10(2)19-12(13)4/h6-9,11,17H,5H2,1-4H3. The lowest BCUT2D eigenvalue weighted by Crippen LogP contribution is -2.09. The van der Waals surface area contributed by atoms with Crippen molar-refractivity contribution in [2.45, 2.75) is 33.7 Å². The number of nitrogens with one attached hydrogen (secondary N) is 1. The first-order chi connectivity index (χ1) is 9.11. The van der Waals surface area contributed by atoms with Crippen molar-refractivity contribution in [3.63, 3.8) is 0 Å². The van der Waals surface area contributed by atoms with Crippen molar-refractivity contribution in [2.24, 2.45) is 0 Å². The molecule has 2 aromatic rings. The minimum Gasteiger partial charge on any atom is -0.476 e. The smallest absolute Gasteiger partial charge is 0.237 e. The number of anilines is 1. The molecule has 0 fully saturated rings. The van der Waals surface area contributed by atoms with Gasteiger partial charge in [0.2, 0.25) is 5.88 Å². The molecule has 0 amide bonds. The molecule has 2 rings (SSSR count). The van der Waals surface area contributed by atoms with Gasteiger partial charge in [-0.1, -0.05) is 0 Å². The summed E-state index contributed by atoms with van der Waals surface area (Å²) in [6, 6.07) is 6.06. The number of nitrogens with zero attached hydrogens (tertiary/aromatic N) is 1. The second-order valence-electron chi connectivity index (χ2n) is 4.52. The van der Waals surface area contributed by atoms with Crippen molar-refractivity contribution in [3.8, 4) is 5.88 Å². The summed E-state index contributed by atoms with van der Waals surface area (Å²) in [5.74, 6) is 2.51. The van der Waals surface area contributed by atoms with Crippen molar-refractivity contribution in [2.75, 3.05) is 11.9 Å². The molecule has 2 heterocycles. The Bertz CT molecular complexity index is 549. The Balaban J connectivity index is 2.19. The van der Waals surface area contributed by atoms with E-state index in [9.17, 15) is 0 Å². The summed E-state index contributed by atoms with van der Waals surface area (Å²) in [5.41, 5.74) is 2.05. The highest BCUT2D eigenvalue weighted by molar-refractivity contribution is 5.53. The topological polar surface area (TPSA) is 47.3 Å². The zero-order valence-electron chi connectivity index (χ0n) is 11.9. The van der Waals surface area contributed by atoms with E-state index in [4.69, 9.17) is 9.15 Å². The summed E-state index contributed by atoms with van der Waals surface area (Å²) in [6.45, 7) is 8.58. The van der Waals surface area contributed by atoms with E-state index in [2.05, 4.69) is 23.3 Å². The monoisotopic (exact) mass is 260 g/mol. The molecule has 0 saturated carbocycles. The number of hydrogen-bond acceptors (Lipinski definition) is 4. The Morgan fingerprint density at radius 1 is 1.42 bits per heavy atom. The highest BCUT2D eigenvalue weighted by Crippen LogP contribution is 2.28. The van der Waals surface area contributed by atoms with Crippen molar-refractivity contribution in [1.82, 2.24) is 4.98 Å². The minimum atomic E-state index is 0.140. The lowest BCUT2D eigenvalue weighted by Gasteiger charge is -2.16. The van der Waals surface area contributed by atoms with Crippen LogP contribution in [-0.4, -0.2) is 11.6 Å². The van der Waals surface area contributed by atoms with Crippen LogP contribution in [-0.2, 0) is 0 Å². The second-order valence-corrected chi connectivity index (χ2v) is 4.52. The van der Waals surface area contributed by atoms with Gasteiger partial charge in [0.25, 0.3) is 0 Å². The molecule has 19 heavy (non-hydrogen) atoms. The Morgan fingerprint density at radius 2 is 2.21 bits per heavy atom. The molecule has 1 atom stereocenters. The van der Waals surface area contributed by atoms with Crippen LogP contribution in [0.15, 0.2) is 28.8 Å². The number of aromatic nitrogens is 1. The number of ether oxygens (including phenoxy) is 1. The van der Waals surface area contributed by atoms with Crippen molar-refractivity contribution in [3.05, 3.63) is 41.5 Å². The Labute approximate surface area is 113 Å². The van der Waals surface area contributed by atoms with E-state index in [1.165, 1.54) is 0 Å². The molecule has 0 aliphatic heterocycles. The molecule has 0 aliphatic carbocycles. The van der Waals surface area contributed by atoms with E-state index in [-0.39, 0.29) is 6.04 Å². The molecule has 1 unspecified atom stereocenters. The average molecular weight is 260 g/mol. The highest BCUT2D eigenvalue weighted by Gasteiger charge is 2.14. The lowest BCUT2D eigenvalue weighted by molar-refractivity contribution is 0.328. The van der Waals surface area contributed by atoms with E-state index in [0.29, 0.717) is 12.5 Å².